The van der Waals surface area contributed by atoms with E-state index >= 15 is 0 Å². The molecule has 1 fully saturated rings. The first kappa shape index (κ1) is 14.8. The second-order valence-corrected chi connectivity index (χ2v) is 7.00. The quantitative estimate of drug-likeness (QED) is 0.715. The van der Waals surface area contributed by atoms with Gasteiger partial charge in [0.25, 0.3) is 0 Å². The van der Waals surface area contributed by atoms with Crippen LogP contribution in [0.3, 0.4) is 0 Å². The Balaban J connectivity index is 2.18. The van der Waals surface area contributed by atoms with Gasteiger partial charge in [-0.2, -0.15) is 0 Å². The van der Waals surface area contributed by atoms with Gasteiger partial charge >= 0.3 is 0 Å². The van der Waals surface area contributed by atoms with E-state index in [2.05, 4.69) is 10.6 Å². The molecular formula is C13H18N2O4S. The minimum Gasteiger partial charge on any atom is -0.506 e. The highest BCUT2D eigenvalue weighted by molar-refractivity contribution is 7.90. The van der Waals surface area contributed by atoms with Gasteiger partial charge in [0, 0.05) is 12.8 Å². The number of benzene rings is 1. The van der Waals surface area contributed by atoms with Crippen molar-refractivity contribution in [3.8, 4) is 5.75 Å². The largest absolute Gasteiger partial charge is 0.506 e. The van der Waals surface area contributed by atoms with Crippen molar-refractivity contribution in [1.29, 1.82) is 0 Å². The normalized spacial score (nSPS) is 19.6. The average Bonchev–Trinajstić information content (AvgIpc) is 2.41. The molecule has 1 aliphatic rings. The fourth-order valence-corrected chi connectivity index (χ4v) is 2.80. The zero-order valence-electron chi connectivity index (χ0n) is 11.2. The van der Waals surface area contributed by atoms with Gasteiger partial charge in [-0.25, -0.2) is 8.42 Å². The molecule has 0 aliphatic carbocycles. The summed E-state index contributed by atoms with van der Waals surface area (Å²) in [5.41, 5.74) is 0.128. The molecule has 0 aromatic heterocycles. The molecule has 1 amide bonds. The number of anilines is 1. The molecule has 0 radical (unpaired) electrons. The Bertz CT molecular complexity index is 607. The van der Waals surface area contributed by atoms with Crippen molar-refractivity contribution in [2.24, 2.45) is 5.92 Å². The highest BCUT2D eigenvalue weighted by atomic mass is 32.2. The number of phenolic OH excluding ortho intramolecular Hbond substituents is 1. The van der Waals surface area contributed by atoms with Crippen molar-refractivity contribution in [2.75, 3.05) is 24.7 Å². The van der Waals surface area contributed by atoms with Gasteiger partial charge in [-0.15, -0.1) is 0 Å². The van der Waals surface area contributed by atoms with Crippen molar-refractivity contribution in [3.05, 3.63) is 18.2 Å². The van der Waals surface area contributed by atoms with Crippen LogP contribution < -0.4 is 10.6 Å². The molecule has 1 atom stereocenters. The Morgan fingerprint density at radius 2 is 2.20 bits per heavy atom. The Morgan fingerprint density at radius 1 is 1.45 bits per heavy atom. The van der Waals surface area contributed by atoms with Gasteiger partial charge in [0.2, 0.25) is 5.91 Å². The Kier molecular flexibility index (Phi) is 4.29. The number of hydrogen-bond donors (Lipinski definition) is 3. The molecule has 0 saturated carbocycles. The van der Waals surface area contributed by atoms with Crippen LogP contribution in [0.2, 0.25) is 0 Å². The van der Waals surface area contributed by atoms with Gasteiger partial charge < -0.3 is 15.7 Å². The first-order chi connectivity index (χ1) is 9.38. The van der Waals surface area contributed by atoms with E-state index in [1.54, 1.807) is 0 Å². The minimum atomic E-state index is -3.38. The lowest BCUT2D eigenvalue weighted by Crippen LogP contribution is -2.37. The van der Waals surface area contributed by atoms with E-state index < -0.39 is 9.84 Å². The molecule has 1 heterocycles. The minimum absolute atomic E-state index is 0.0624. The maximum atomic E-state index is 12.1. The summed E-state index contributed by atoms with van der Waals surface area (Å²) in [4.78, 5) is 12.1. The van der Waals surface area contributed by atoms with E-state index in [0.717, 1.165) is 25.6 Å². The third kappa shape index (κ3) is 3.49. The Labute approximate surface area is 118 Å². The molecule has 2 rings (SSSR count). The van der Waals surface area contributed by atoms with Gasteiger partial charge in [0.1, 0.15) is 5.75 Å². The topological polar surface area (TPSA) is 95.5 Å². The average molecular weight is 298 g/mol. The van der Waals surface area contributed by atoms with Crippen molar-refractivity contribution < 1.29 is 18.3 Å². The second-order valence-electron chi connectivity index (χ2n) is 4.98. The van der Waals surface area contributed by atoms with Crippen LogP contribution in [0, 0.1) is 5.92 Å². The van der Waals surface area contributed by atoms with Crippen molar-refractivity contribution in [2.45, 2.75) is 17.7 Å². The standard InChI is InChI=1S/C13H18N2O4S/c1-20(18,19)10-4-5-12(16)11(7-10)15-13(17)9-3-2-6-14-8-9/h4-5,7,9,14,16H,2-3,6,8H2,1H3,(H,15,17). The highest BCUT2D eigenvalue weighted by Gasteiger charge is 2.22. The second kappa shape index (κ2) is 5.80. The summed E-state index contributed by atoms with van der Waals surface area (Å²) in [7, 11) is -3.38. The van der Waals surface area contributed by atoms with E-state index in [9.17, 15) is 18.3 Å². The van der Waals surface area contributed by atoms with Crippen molar-refractivity contribution >= 4 is 21.4 Å². The lowest BCUT2D eigenvalue weighted by atomic mass is 9.99. The number of hydrogen-bond acceptors (Lipinski definition) is 5. The molecule has 3 N–H and O–H groups in total. The number of amides is 1. The third-order valence-corrected chi connectivity index (χ3v) is 4.43. The summed E-state index contributed by atoms with van der Waals surface area (Å²) in [5, 5.41) is 15.5. The molecule has 20 heavy (non-hydrogen) atoms. The molecule has 1 unspecified atom stereocenters. The maximum Gasteiger partial charge on any atom is 0.228 e. The Morgan fingerprint density at radius 3 is 2.80 bits per heavy atom. The van der Waals surface area contributed by atoms with Crippen LogP contribution in [0.1, 0.15) is 12.8 Å². The third-order valence-electron chi connectivity index (χ3n) is 3.32. The van der Waals surface area contributed by atoms with Gasteiger partial charge in [-0.05, 0) is 37.6 Å². The van der Waals surface area contributed by atoms with Crippen LogP contribution in [0.4, 0.5) is 5.69 Å². The summed E-state index contributed by atoms with van der Waals surface area (Å²) in [6, 6.07) is 3.85. The molecule has 1 aromatic carbocycles. The van der Waals surface area contributed by atoms with Crippen LogP contribution in [-0.4, -0.2) is 38.8 Å². The molecule has 6 nitrogen and oxygen atoms in total. The van der Waals surface area contributed by atoms with E-state index in [4.69, 9.17) is 0 Å². The number of sulfone groups is 1. The van der Waals surface area contributed by atoms with Crippen LogP contribution >= 0.6 is 0 Å². The summed E-state index contributed by atoms with van der Waals surface area (Å²) >= 11 is 0. The van der Waals surface area contributed by atoms with E-state index in [1.807, 2.05) is 0 Å². The predicted molar refractivity (Wildman–Crippen MR) is 75.4 cm³/mol. The summed E-state index contributed by atoms with van der Waals surface area (Å²) < 4.78 is 23.0. The molecule has 110 valence electrons. The fraction of sp³-hybridized carbons (Fsp3) is 0.462. The van der Waals surface area contributed by atoms with E-state index in [1.165, 1.54) is 18.2 Å². The number of carbonyl (C=O) groups excluding carboxylic acids is 1. The molecule has 0 spiro atoms. The van der Waals surface area contributed by atoms with Crippen molar-refractivity contribution in [3.63, 3.8) is 0 Å². The van der Waals surface area contributed by atoms with Gasteiger partial charge in [0.15, 0.2) is 9.84 Å². The van der Waals surface area contributed by atoms with E-state index in [-0.39, 0.29) is 28.2 Å². The van der Waals surface area contributed by atoms with Gasteiger partial charge in [-0.3, -0.25) is 4.79 Å². The first-order valence-electron chi connectivity index (χ1n) is 6.42. The lowest BCUT2D eigenvalue weighted by molar-refractivity contribution is -0.120. The summed E-state index contributed by atoms with van der Waals surface area (Å²) in [5.74, 6) is -0.516. The molecule has 0 bridgehead atoms. The van der Waals surface area contributed by atoms with Crippen LogP contribution in [0.5, 0.6) is 5.75 Å². The van der Waals surface area contributed by atoms with Crippen molar-refractivity contribution in [1.82, 2.24) is 5.32 Å². The number of rotatable bonds is 3. The Hall–Kier alpha value is -1.60. The summed E-state index contributed by atoms with van der Waals surface area (Å²) in [6.07, 6.45) is 2.79. The molecular weight excluding hydrogens is 280 g/mol. The molecule has 7 heteroatoms. The summed E-state index contributed by atoms with van der Waals surface area (Å²) in [6.45, 7) is 1.50. The number of aromatic hydroxyl groups is 1. The smallest absolute Gasteiger partial charge is 0.228 e. The van der Waals surface area contributed by atoms with Crippen LogP contribution in [0.25, 0.3) is 0 Å². The monoisotopic (exact) mass is 298 g/mol. The molecule has 1 saturated heterocycles. The van der Waals surface area contributed by atoms with Crippen LogP contribution in [0.15, 0.2) is 23.1 Å². The molecule has 1 aliphatic heterocycles. The fourth-order valence-electron chi connectivity index (χ4n) is 2.16. The number of nitrogens with one attached hydrogen (secondary N) is 2. The van der Waals surface area contributed by atoms with Crippen LogP contribution in [-0.2, 0) is 14.6 Å². The zero-order chi connectivity index (χ0) is 14.8. The predicted octanol–water partition coefficient (Wildman–Crippen LogP) is 0.734. The maximum absolute atomic E-state index is 12.1. The highest BCUT2D eigenvalue weighted by Crippen LogP contribution is 2.27. The molecule has 1 aromatic rings. The number of piperidine rings is 1. The number of phenols is 1. The number of carbonyl (C=O) groups is 1. The lowest BCUT2D eigenvalue weighted by Gasteiger charge is -2.22. The first-order valence-corrected chi connectivity index (χ1v) is 8.32. The SMILES string of the molecule is CS(=O)(=O)c1ccc(O)c(NC(=O)C2CCCNC2)c1. The van der Waals surface area contributed by atoms with Gasteiger partial charge in [0.05, 0.1) is 16.5 Å². The van der Waals surface area contributed by atoms with Gasteiger partial charge in [-0.1, -0.05) is 0 Å². The van der Waals surface area contributed by atoms with E-state index in [0.29, 0.717) is 6.54 Å². The zero-order valence-corrected chi connectivity index (χ0v) is 12.0.